The lowest BCUT2D eigenvalue weighted by Crippen LogP contribution is -2.50. The van der Waals surface area contributed by atoms with E-state index < -0.39 is 0 Å². The standard InChI is InChI=1S/C16H36N.C10H11ClO.C10H10O.CH4.H2O/c1-5-9-13-17(14-10-6-2,15-11-7-3)16-12-8-4;11-6-4-8-2-1-3-10-9(8)5-7-12-10;1-2-8-4-3-5-10-9(8)6-7-11-10;;/h5-16H2,1-4H3;1-3H,4-7H2;2-5H,1,6-7H2;1H4;1H2/q+1;;;;/p-1. The zero-order valence-corrected chi connectivity index (χ0v) is 27.3. The van der Waals surface area contributed by atoms with Crippen LogP contribution in [0.1, 0.15) is 109 Å². The van der Waals surface area contributed by atoms with Gasteiger partial charge >= 0.3 is 0 Å². The highest BCUT2D eigenvalue weighted by Crippen LogP contribution is 2.29. The third-order valence-corrected chi connectivity index (χ3v) is 8.34. The third-order valence-electron chi connectivity index (χ3n) is 8.15. The van der Waals surface area contributed by atoms with Gasteiger partial charge in [-0.15, -0.1) is 11.6 Å². The van der Waals surface area contributed by atoms with Gasteiger partial charge in [-0.2, -0.15) is 0 Å². The fourth-order valence-electron chi connectivity index (χ4n) is 5.71. The summed E-state index contributed by atoms with van der Waals surface area (Å²) >= 11 is 5.70. The first-order valence-corrected chi connectivity index (χ1v) is 16.6. The Morgan fingerprint density at radius 1 is 0.738 bits per heavy atom. The summed E-state index contributed by atoms with van der Waals surface area (Å²) in [6, 6.07) is 12.3. The minimum atomic E-state index is 0. The predicted molar refractivity (Wildman–Crippen MR) is 184 cm³/mol. The van der Waals surface area contributed by atoms with Crippen molar-refractivity contribution in [3.05, 3.63) is 65.2 Å². The Hall–Kier alpha value is -2.01. The minimum Gasteiger partial charge on any atom is -0.870 e. The maximum absolute atomic E-state index is 5.70. The van der Waals surface area contributed by atoms with Gasteiger partial charge in [0.1, 0.15) is 11.5 Å². The average Bonchev–Trinajstić information content (AvgIpc) is 3.68. The minimum absolute atomic E-state index is 0. The van der Waals surface area contributed by atoms with Gasteiger partial charge in [-0.1, -0.05) is 97.7 Å². The van der Waals surface area contributed by atoms with E-state index >= 15 is 0 Å². The maximum Gasteiger partial charge on any atom is 0.123 e. The summed E-state index contributed by atoms with van der Waals surface area (Å²) in [4.78, 5) is 0. The van der Waals surface area contributed by atoms with Crippen LogP contribution in [0, 0.1) is 0 Å². The fourth-order valence-corrected chi connectivity index (χ4v) is 5.92. The molecule has 0 radical (unpaired) electrons. The van der Waals surface area contributed by atoms with Crippen LogP contribution in [0.15, 0.2) is 43.0 Å². The van der Waals surface area contributed by atoms with Crippen molar-refractivity contribution in [1.82, 2.24) is 0 Å². The molecule has 2 aromatic rings. The summed E-state index contributed by atoms with van der Waals surface area (Å²) in [6.07, 6.45) is 16.0. The Labute approximate surface area is 264 Å². The van der Waals surface area contributed by atoms with Gasteiger partial charge < -0.3 is 19.4 Å². The molecule has 5 heteroatoms. The van der Waals surface area contributed by atoms with Crippen LogP contribution in [0.25, 0.3) is 6.08 Å². The van der Waals surface area contributed by atoms with Crippen LogP contribution in [0.3, 0.4) is 0 Å². The number of ether oxygens (including phenoxy) is 2. The number of benzene rings is 2. The first-order chi connectivity index (χ1) is 19.6. The number of nitrogens with zero attached hydrogens (tertiary/aromatic N) is 1. The SMILES string of the molecule is C.C=Cc1cccc2c1CCO2.CCCC[N+](CCCC)(CCCC)CCCC.ClCCc1cccc2c1CCO2.[OH-]. The van der Waals surface area contributed by atoms with Crippen molar-refractivity contribution < 1.29 is 19.4 Å². The van der Waals surface area contributed by atoms with Crippen molar-refractivity contribution in [1.29, 1.82) is 0 Å². The lowest BCUT2D eigenvalue weighted by molar-refractivity contribution is -0.929. The van der Waals surface area contributed by atoms with E-state index in [-0.39, 0.29) is 12.9 Å². The number of unbranched alkanes of at least 4 members (excludes halogenated alkanes) is 4. The molecule has 1 N–H and O–H groups in total. The van der Waals surface area contributed by atoms with Gasteiger partial charge in [0.05, 0.1) is 39.4 Å². The van der Waals surface area contributed by atoms with Crippen molar-refractivity contribution in [2.45, 2.75) is 106 Å². The van der Waals surface area contributed by atoms with Crippen molar-refractivity contribution in [2.24, 2.45) is 0 Å². The molecule has 4 rings (SSSR count). The molecule has 2 heterocycles. The van der Waals surface area contributed by atoms with Crippen molar-refractivity contribution in [2.75, 3.05) is 45.3 Å². The van der Waals surface area contributed by atoms with Gasteiger partial charge in [-0.05, 0) is 55.4 Å². The normalized spacial score (nSPS) is 12.5. The van der Waals surface area contributed by atoms with Gasteiger partial charge in [-0.25, -0.2) is 0 Å². The zero-order chi connectivity index (χ0) is 29.1. The van der Waals surface area contributed by atoms with E-state index in [0.29, 0.717) is 5.88 Å². The Balaban J connectivity index is 0.000000599. The molecule has 42 heavy (non-hydrogen) atoms. The molecule has 0 aromatic heterocycles. The number of fused-ring (bicyclic) bond motifs is 2. The summed E-state index contributed by atoms with van der Waals surface area (Å²) in [6.45, 7) is 20.4. The Bertz CT molecular complexity index is 940. The summed E-state index contributed by atoms with van der Waals surface area (Å²) in [5.74, 6) is 2.77. The summed E-state index contributed by atoms with van der Waals surface area (Å²) < 4.78 is 12.3. The topological polar surface area (TPSA) is 48.5 Å². The Morgan fingerprint density at radius 2 is 1.19 bits per heavy atom. The first kappa shape index (κ1) is 40.0. The van der Waals surface area contributed by atoms with Gasteiger partial charge in [0.25, 0.3) is 0 Å². The van der Waals surface area contributed by atoms with Crippen LogP contribution in [-0.4, -0.2) is 55.2 Å². The van der Waals surface area contributed by atoms with E-state index in [1.165, 1.54) is 104 Å². The van der Waals surface area contributed by atoms with Gasteiger partial charge in [-0.3, -0.25) is 0 Å². The molecule has 4 nitrogen and oxygen atoms in total. The summed E-state index contributed by atoms with van der Waals surface area (Å²) in [5.41, 5.74) is 5.22. The first-order valence-electron chi connectivity index (χ1n) is 16.1. The number of rotatable bonds is 15. The molecule has 0 amide bonds. The number of aryl methyl sites for hydroxylation is 1. The molecule has 2 aromatic carbocycles. The molecular weight excluding hydrogens is 542 g/mol. The largest absolute Gasteiger partial charge is 0.870 e. The quantitative estimate of drug-likeness (QED) is 0.150. The lowest BCUT2D eigenvalue weighted by atomic mass is 10.0. The van der Waals surface area contributed by atoms with Crippen LogP contribution in [0.4, 0.5) is 0 Å². The summed E-state index contributed by atoms with van der Waals surface area (Å²) in [7, 11) is 0. The molecule has 0 saturated carbocycles. The molecule has 0 atom stereocenters. The van der Waals surface area contributed by atoms with Crippen LogP contribution in [0.5, 0.6) is 11.5 Å². The van der Waals surface area contributed by atoms with Crippen molar-refractivity contribution >= 4 is 17.7 Å². The maximum atomic E-state index is 5.70. The highest BCUT2D eigenvalue weighted by atomic mass is 35.5. The van der Waals surface area contributed by atoms with Crippen LogP contribution in [-0.2, 0) is 19.3 Å². The van der Waals surface area contributed by atoms with E-state index in [9.17, 15) is 0 Å². The molecule has 0 fully saturated rings. The second kappa shape index (κ2) is 23.4. The van der Waals surface area contributed by atoms with Gasteiger partial charge in [0.2, 0.25) is 0 Å². The van der Waals surface area contributed by atoms with Gasteiger partial charge in [0.15, 0.2) is 0 Å². The number of hydrogen-bond donors (Lipinski definition) is 0. The summed E-state index contributed by atoms with van der Waals surface area (Å²) in [5, 5.41) is 0. The number of quaternary nitrogens is 1. The lowest BCUT2D eigenvalue weighted by Gasteiger charge is -2.39. The number of halogens is 1. The average molecular weight is 604 g/mol. The van der Waals surface area contributed by atoms with E-state index in [1.807, 2.05) is 30.3 Å². The highest BCUT2D eigenvalue weighted by molar-refractivity contribution is 6.18. The van der Waals surface area contributed by atoms with E-state index in [2.05, 4.69) is 46.4 Å². The molecule has 0 saturated heterocycles. The molecule has 0 spiro atoms. The van der Waals surface area contributed by atoms with Crippen molar-refractivity contribution in [3.63, 3.8) is 0 Å². The van der Waals surface area contributed by atoms with E-state index in [0.717, 1.165) is 44.0 Å². The van der Waals surface area contributed by atoms with E-state index in [4.69, 9.17) is 21.1 Å². The van der Waals surface area contributed by atoms with Gasteiger partial charge in [0, 0.05) is 29.8 Å². The zero-order valence-electron chi connectivity index (χ0n) is 26.6. The molecule has 240 valence electrons. The Morgan fingerprint density at radius 3 is 1.64 bits per heavy atom. The number of hydrogen-bond acceptors (Lipinski definition) is 3. The fraction of sp³-hybridized carbons (Fsp3) is 0.622. The van der Waals surface area contributed by atoms with Crippen LogP contribution < -0.4 is 9.47 Å². The smallest absolute Gasteiger partial charge is 0.123 e. The van der Waals surface area contributed by atoms with Crippen LogP contribution >= 0.6 is 11.6 Å². The molecule has 0 bridgehead atoms. The molecule has 2 aliphatic rings. The molecule has 0 aliphatic carbocycles. The second-order valence-corrected chi connectivity index (χ2v) is 11.6. The highest BCUT2D eigenvalue weighted by Gasteiger charge is 2.24. The molecular formula is C37H62ClNO3. The third kappa shape index (κ3) is 13.1. The second-order valence-electron chi connectivity index (χ2n) is 11.2. The monoisotopic (exact) mass is 603 g/mol. The molecule has 2 aliphatic heterocycles. The predicted octanol–water partition coefficient (Wildman–Crippen LogP) is 10.1. The van der Waals surface area contributed by atoms with E-state index in [1.54, 1.807) is 0 Å². The van der Waals surface area contributed by atoms with Crippen molar-refractivity contribution in [3.8, 4) is 11.5 Å². The van der Waals surface area contributed by atoms with Crippen LogP contribution in [0.2, 0.25) is 0 Å². The Kier molecular flexibility index (Phi) is 22.3. The molecule has 0 unspecified atom stereocenters. The number of alkyl halides is 1.